The number of H-pyrrole nitrogens is 2. The SMILES string of the molecule is CSc1n[nH]c(=S)s1.CSc1n[nH]c(=S)s1. The molecule has 0 bridgehead atoms. The molecule has 0 saturated carbocycles. The molecular formula is C6H8N4S6. The van der Waals surface area contributed by atoms with E-state index in [2.05, 4.69) is 20.4 Å². The molecule has 0 fully saturated rings. The Hall–Kier alpha value is 0.260. The van der Waals surface area contributed by atoms with Crippen LogP contribution in [0.25, 0.3) is 0 Å². The molecule has 2 rings (SSSR count). The zero-order valence-corrected chi connectivity index (χ0v) is 13.2. The van der Waals surface area contributed by atoms with E-state index >= 15 is 0 Å². The summed E-state index contributed by atoms with van der Waals surface area (Å²) in [5, 5.41) is 13.1. The molecule has 88 valence electrons. The van der Waals surface area contributed by atoms with Crippen molar-refractivity contribution in [3.63, 3.8) is 0 Å². The lowest BCUT2D eigenvalue weighted by Gasteiger charge is -1.75. The van der Waals surface area contributed by atoms with Crippen molar-refractivity contribution in [2.45, 2.75) is 8.68 Å². The van der Waals surface area contributed by atoms with E-state index in [-0.39, 0.29) is 0 Å². The predicted octanol–water partition coefficient (Wildman–Crippen LogP) is 3.85. The van der Waals surface area contributed by atoms with Crippen LogP contribution >= 0.6 is 70.6 Å². The fourth-order valence-electron chi connectivity index (χ4n) is 0.607. The second-order valence-electron chi connectivity index (χ2n) is 2.17. The van der Waals surface area contributed by atoms with Gasteiger partial charge in [-0.1, -0.05) is 46.2 Å². The summed E-state index contributed by atoms with van der Waals surface area (Å²) in [5.41, 5.74) is 0. The van der Waals surface area contributed by atoms with Crippen LogP contribution in [0, 0.1) is 7.91 Å². The van der Waals surface area contributed by atoms with Gasteiger partial charge in [-0.3, -0.25) is 10.2 Å². The van der Waals surface area contributed by atoms with Crippen molar-refractivity contribution in [1.82, 2.24) is 20.4 Å². The molecule has 0 atom stereocenters. The normalized spacial score (nSPS) is 9.62. The second-order valence-corrected chi connectivity index (χ2v) is 7.60. The minimum atomic E-state index is 0.745. The van der Waals surface area contributed by atoms with E-state index in [1.54, 1.807) is 23.5 Å². The van der Waals surface area contributed by atoms with Crippen molar-refractivity contribution in [1.29, 1.82) is 0 Å². The highest BCUT2D eigenvalue weighted by molar-refractivity contribution is 8.00. The van der Waals surface area contributed by atoms with Crippen LogP contribution in [0.5, 0.6) is 0 Å². The Labute approximate surface area is 119 Å². The molecule has 16 heavy (non-hydrogen) atoms. The summed E-state index contributed by atoms with van der Waals surface area (Å²) in [6.45, 7) is 0. The lowest BCUT2D eigenvalue weighted by atomic mass is 11.6. The van der Waals surface area contributed by atoms with Gasteiger partial charge in [0.15, 0.2) is 16.6 Å². The van der Waals surface area contributed by atoms with Crippen LogP contribution in [-0.4, -0.2) is 32.9 Å². The van der Waals surface area contributed by atoms with Crippen molar-refractivity contribution in [3.8, 4) is 0 Å². The molecule has 0 unspecified atom stereocenters. The van der Waals surface area contributed by atoms with E-state index in [1.807, 2.05) is 12.5 Å². The quantitative estimate of drug-likeness (QED) is 0.645. The maximum Gasteiger partial charge on any atom is 0.177 e. The minimum absolute atomic E-state index is 0.745. The molecule has 10 heteroatoms. The number of aromatic nitrogens is 4. The average molecular weight is 329 g/mol. The van der Waals surface area contributed by atoms with Crippen molar-refractivity contribution < 1.29 is 0 Å². The van der Waals surface area contributed by atoms with Gasteiger partial charge in [0.2, 0.25) is 0 Å². The Balaban J connectivity index is 0.000000160. The molecule has 2 aromatic rings. The van der Waals surface area contributed by atoms with Gasteiger partial charge < -0.3 is 0 Å². The van der Waals surface area contributed by atoms with E-state index in [4.69, 9.17) is 24.4 Å². The Morgan fingerprint density at radius 3 is 1.44 bits per heavy atom. The third kappa shape index (κ3) is 5.06. The van der Waals surface area contributed by atoms with E-state index in [0.29, 0.717) is 0 Å². The predicted molar refractivity (Wildman–Crippen MR) is 78.2 cm³/mol. The van der Waals surface area contributed by atoms with Gasteiger partial charge in [-0.05, 0) is 36.9 Å². The largest absolute Gasteiger partial charge is 0.257 e. The highest BCUT2D eigenvalue weighted by Crippen LogP contribution is 2.16. The Morgan fingerprint density at radius 2 is 1.31 bits per heavy atom. The van der Waals surface area contributed by atoms with Gasteiger partial charge in [0.25, 0.3) is 0 Å². The van der Waals surface area contributed by atoms with Crippen molar-refractivity contribution >= 4 is 70.6 Å². The Morgan fingerprint density at radius 1 is 0.938 bits per heavy atom. The van der Waals surface area contributed by atoms with Crippen LogP contribution in [0.2, 0.25) is 0 Å². The molecule has 0 saturated heterocycles. The molecule has 0 radical (unpaired) electrons. The Bertz CT molecular complexity index is 473. The maximum absolute atomic E-state index is 4.79. The minimum Gasteiger partial charge on any atom is -0.257 e. The smallest absolute Gasteiger partial charge is 0.177 e. The highest BCUT2D eigenvalue weighted by Gasteiger charge is 1.90. The topological polar surface area (TPSA) is 57.4 Å². The van der Waals surface area contributed by atoms with Crippen LogP contribution in [-0.2, 0) is 0 Å². The van der Waals surface area contributed by atoms with Gasteiger partial charge in [-0.2, -0.15) is 10.2 Å². The first-order chi connectivity index (χ1) is 7.65. The fourth-order valence-corrected chi connectivity index (χ4v) is 3.61. The lowest BCUT2D eigenvalue weighted by Crippen LogP contribution is -1.65. The van der Waals surface area contributed by atoms with Crippen molar-refractivity contribution in [3.05, 3.63) is 7.91 Å². The van der Waals surface area contributed by atoms with Gasteiger partial charge in [0, 0.05) is 0 Å². The summed E-state index contributed by atoms with van der Waals surface area (Å²) < 4.78 is 3.48. The van der Waals surface area contributed by atoms with Crippen molar-refractivity contribution in [2.75, 3.05) is 12.5 Å². The lowest BCUT2D eigenvalue weighted by molar-refractivity contribution is 1.00. The highest BCUT2D eigenvalue weighted by atomic mass is 32.2. The van der Waals surface area contributed by atoms with E-state index in [0.717, 1.165) is 16.6 Å². The third-order valence-corrected chi connectivity index (χ3v) is 5.34. The molecule has 0 amide bonds. The monoisotopic (exact) mass is 328 g/mol. The zero-order valence-electron chi connectivity index (χ0n) is 8.34. The van der Waals surface area contributed by atoms with Gasteiger partial charge in [-0.15, -0.1) is 0 Å². The number of nitrogens with zero attached hydrogens (tertiary/aromatic N) is 2. The second kappa shape index (κ2) is 7.56. The molecule has 2 heterocycles. The number of hydrogen-bond donors (Lipinski definition) is 2. The molecule has 0 aromatic carbocycles. The maximum atomic E-state index is 4.79. The van der Waals surface area contributed by atoms with Crippen LogP contribution in [0.1, 0.15) is 0 Å². The number of rotatable bonds is 2. The van der Waals surface area contributed by atoms with Gasteiger partial charge >= 0.3 is 0 Å². The Kier molecular flexibility index (Phi) is 6.77. The van der Waals surface area contributed by atoms with Crippen molar-refractivity contribution in [2.24, 2.45) is 0 Å². The molecule has 0 aliphatic heterocycles. The summed E-state index contributed by atoms with van der Waals surface area (Å²) in [5.74, 6) is 0. The molecule has 0 aliphatic rings. The summed E-state index contributed by atoms with van der Waals surface area (Å²) in [7, 11) is 0. The number of hydrogen-bond acceptors (Lipinski definition) is 8. The summed E-state index contributed by atoms with van der Waals surface area (Å²) in [4.78, 5) is 0. The van der Waals surface area contributed by atoms with Gasteiger partial charge in [0.1, 0.15) is 0 Å². The zero-order chi connectivity index (χ0) is 12.0. The van der Waals surface area contributed by atoms with Crippen LogP contribution < -0.4 is 0 Å². The third-order valence-electron chi connectivity index (χ3n) is 1.19. The first kappa shape index (κ1) is 14.3. The van der Waals surface area contributed by atoms with Crippen LogP contribution in [0.3, 0.4) is 0 Å². The fraction of sp³-hybridized carbons (Fsp3) is 0.333. The molecular weight excluding hydrogens is 320 g/mol. The summed E-state index contributed by atoms with van der Waals surface area (Å²) >= 11 is 15.8. The number of nitrogens with one attached hydrogen (secondary N) is 2. The molecule has 0 aliphatic carbocycles. The number of aromatic amines is 2. The van der Waals surface area contributed by atoms with Crippen LogP contribution in [0.4, 0.5) is 0 Å². The molecule has 2 aromatic heterocycles. The molecule has 2 N–H and O–H groups in total. The van der Waals surface area contributed by atoms with E-state index in [1.165, 1.54) is 22.7 Å². The van der Waals surface area contributed by atoms with E-state index < -0.39 is 0 Å². The molecule has 0 spiro atoms. The van der Waals surface area contributed by atoms with E-state index in [9.17, 15) is 0 Å². The molecule has 4 nitrogen and oxygen atoms in total. The average Bonchev–Trinajstić information content (AvgIpc) is 2.88. The van der Waals surface area contributed by atoms with Gasteiger partial charge in [0.05, 0.1) is 0 Å². The first-order valence-electron chi connectivity index (χ1n) is 3.84. The first-order valence-corrected chi connectivity index (χ1v) is 8.74. The summed E-state index contributed by atoms with van der Waals surface area (Å²) in [6, 6.07) is 0. The van der Waals surface area contributed by atoms with Crippen LogP contribution in [0.15, 0.2) is 8.68 Å². The van der Waals surface area contributed by atoms with Gasteiger partial charge in [-0.25, -0.2) is 0 Å². The number of thioether (sulfide) groups is 2. The summed E-state index contributed by atoms with van der Waals surface area (Å²) in [6.07, 6.45) is 3.95. The standard InChI is InChI=1S/2C3H4N2S3/c2*1-7-3-5-4-2(6)8-3/h2*1H3,(H,4,6).